The van der Waals surface area contributed by atoms with E-state index >= 15 is 0 Å². The van der Waals surface area contributed by atoms with Crippen LogP contribution < -0.4 is 11.1 Å². The fourth-order valence-electron chi connectivity index (χ4n) is 3.82. The molecule has 0 aliphatic heterocycles. The van der Waals surface area contributed by atoms with Crippen molar-refractivity contribution in [2.75, 3.05) is 13.7 Å². The van der Waals surface area contributed by atoms with E-state index in [0.29, 0.717) is 25.3 Å². The third-order valence-electron chi connectivity index (χ3n) is 5.37. The maximum Gasteiger partial charge on any atom is 0.331 e. The van der Waals surface area contributed by atoms with E-state index in [4.69, 9.17) is 10.5 Å². The first kappa shape index (κ1) is 19.2. The molecule has 0 aromatic carbocycles. The molecule has 2 aliphatic rings. The molecular weight excluding hydrogens is 304 g/mol. The summed E-state index contributed by atoms with van der Waals surface area (Å²) in [7, 11) is 1.40. The standard InChI is InChI=1S/C16H28N2O3.ClH/c1-11-6-8-16(9-7-11,15(20)21-2)18-14(19)13-5-3-4-12(13)10-17;/h11-13H,3-10,17H2,1-2H3,(H,18,19);1H/t11?,12-,13-,16?;/m1./s1. The molecule has 0 bridgehead atoms. The number of hydrogen-bond donors (Lipinski definition) is 2. The number of nitrogens with one attached hydrogen (secondary N) is 1. The second-order valence-corrected chi connectivity index (χ2v) is 6.78. The van der Waals surface area contributed by atoms with E-state index in [9.17, 15) is 9.59 Å². The zero-order valence-electron chi connectivity index (χ0n) is 13.6. The molecule has 0 aromatic rings. The van der Waals surface area contributed by atoms with Gasteiger partial charge < -0.3 is 15.8 Å². The van der Waals surface area contributed by atoms with Crippen molar-refractivity contribution in [1.29, 1.82) is 0 Å². The Hall–Kier alpha value is -0.810. The van der Waals surface area contributed by atoms with Crippen LogP contribution in [0.3, 0.4) is 0 Å². The molecule has 6 heteroatoms. The number of amides is 1. The van der Waals surface area contributed by atoms with Crippen molar-refractivity contribution in [3.8, 4) is 0 Å². The lowest BCUT2D eigenvalue weighted by Gasteiger charge is -2.38. The summed E-state index contributed by atoms with van der Waals surface area (Å²) in [6.07, 6.45) is 6.17. The molecular formula is C16H29ClN2O3. The molecule has 5 nitrogen and oxygen atoms in total. The molecule has 0 spiro atoms. The monoisotopic (exact) mass is 332 g/mol. The van der Waals surface area contributed by atoms with E-state index < -0.39 is 5.54 Å². The van der Waals surface area contributed by atoms with Gasteiger partial charge in [0.25, 0.3) is 0 Å². The summed E-state index contributed by atoms with van der Waals surface area (Å²) in [5.41, 5.74) is 4.94. The Bertz CT molecular complexity index is 395. The number of carbonyl (C=O) groups excluding carboxylic acids is 2. The Balaban J connectivity index is 0.00000242. The Morgan fingerprint density at radius 2 is 1.86 bits per heavy atom. The Labute approximate surface area is 139 Å². The molecule has 2 rings (SSSR count). The third-order valence-corrected chi connectivity index (χ3v) is 5.37. The number of esters is 1. The van der Waals surface area contributed by atoms with Crippen molar-refractivity contribution in [3.63, 3.8) is 0 Å². The van der Waals surface area contributed by atoms with Crippen molar-refractivity contribution < 1.29 is 14.3 Å². The molecule has 2 saturated carbocycles. The van der Waals surface area contributed by atoms with Gasteiger partial charge in [-0.15, -0.1) is 12.4 Å². The third kappa shape index (κ3) is 3.93. The van der Waals surface area contributed by atoms with Gasteiger partial charge in [-0.2, -0.15) is 0 Å². The van der Waals surface area contributed by atoms with Gasteiger partial charge in [0.15, 0.2) is 0 Å². The van der Waals surface area contributed by atoms with E-state index in [1.807, 2.05) is 0 Å². The number of rotatable bonds is 4. The van der Waals surface area contributed by atoms with Gasteiger partial charge in [-0.05, 0) is 56.9 Å². The molecule has 0 radical (unpaired) electrons. The Kier molecular flexibility index (Phi) is 7.13. The smallest absolute Gasteiger partial charge is 0.331 e. The normalized spacial score (nSPS) is 34.6. The van der Waals surface area contributed by atoms with Crippen LogP contribution in [0.5, 0.6) is 0 Å². The minimum Gasteiger partial charge on any atom is -0.467 e. The number of methoxy groups -OCH3 is 1. The molecule has 2 atom stereocenters. The minimum atomic E-state index is -0.819. The average molecular weight is 333 g/mol. The van der Waals surface area contributed by atoms with E-state index in [0.717, 1.165) is 32.1 Å². The maximum atomic E-state index is 12.6. The highest BCUT2D eigenvalue weighted by atomic mass is 35.5. The molecule has 0 aromatic heterocycles. The lowest BCUT2D eigenvalue weighted by Crippen LogP contribution is -2.58. The summed E-state index contributed by atoms with van der Waals surface area (Å²) in [5.74, 6) is 0.494. The second-order valence-electron chi connectivity index (χ2n) is 6.78. The van der Waals surface area contributed by atoms with Crippen LogP contribution in [-0.4, -0.2) is 31.1 Å². The lowest BCUT2D eigenvalue weighted by molar-refractivity contribution is -0.153. The van der Waals surface area contributed by atoms with E-state index in [1.54, 1.807) is 0 Å². The summed E-state index contributed by atoms with van der Waals surface area (Å²) in [6.45, 7) is 2.73. The number of ether oxygens (including phenoxy) is 1. The Morgan fingerprint density at radius 1 is 1.23 bits per heavy atom. The number of nitrogens with two attached hydrogens (primary N) is 1. The first-order chi connectivity index (χ1) is 10.0. The van der Waals surface area contributed by atoms with Crippen LogP contribution in [0.1, 0.15) is 51.9 Å². The van der Waals surface area contributed by atoms with Crippen molar-refractivity contribution in [1.82, 2.24) is 5.32 Å². The summed E-state index contributed by atoms with van der Waals surface area (Å²) >= 11 is 0. The highest BCUT2D eigenvalue weighted by Crippen LogP contribution is 2.35. The zero-order valence-corrected chi connectivity index (χ0v) is 14.4. The molecule has 2 aliphatic carbocycles. The van der Waals surface area contributed by atoms with Crippen molar-refractivity contribution in [3.05, 3.63) is 0 Å². The number of carbonyl (C=O) groups is 2. The van der Waals surface area contributed by atoms with Crippen LogP contribution in [0.4, 0.5) is 0 Å². The van der Waals surface area contributed by atoms with Gasteiger partial charge in [0.05, 0.1) is 7.11 Å². The van der Waals surface area contributed by atoms with Crippen molar-refractivity contribution in [2.24, 2.45) is 23.5 Å². The molecule has 0 saturated heterocycles. The highest BCUT2D eigenvalue weighted by molar-refractivity contribution is 5.89. The molecule has 2 fully saturated rings. The van der Waals surface area contributed by atoms with Gasteiger partial charge in [-0.3, -0.25) is 4.79 Å². The van der Waals surface area contributed by atoms with E-state index in [2.05, 4.69) is 12.2 Å². The molecule has 1 amide bonds. The van der Waals surface area contributed by atoms with Crippen LogP contribution in [0.25, 0.3) is 0 Å². The first-order valence-corrected chi connectivity index (χ1v) is 8.13. The molecule has 128 valence electrons. The second kappa shape index (κ2) is 8.16. The lowest BCUT2D eigenvalue weighted by atomic mass is 9.76. The quantitative estimate of drug-likeness (QED) is 0.772. The molecule has 0 unspecified atom stereocenters. The summed E-state index contributed by atoms with van der Waals surface area (Å²) in [4.78, 5) is 24.9. The van der Waals surface area contributed by atoms with Crippen molar-refractivity contribution in [2.45, 2.75) is 57.4 Å². The van der Waals surface area contributed by atoms with Crippen LogP contribution in [0, 0.1) is 17.8 Å². The van der Waals surface area contributed by atoms with Gasteiger partial charge in [0.2, 0.25) is 5.91 Å². The molecule has 0 heterocycles. The summed E-state index contributed by atoms with van der Waals surface area (Å²) in [6, 6.07) is 0. The predicted octanol–water partition coefficient (Wildman–Crippen LogP) is 2.02. The van der Waals surface area contributed by atoms with Crippen LogP contribution in [0.2, 0.25) is 0 Å². The van der Waals surface area contributed by atoms with Gasteiger partial charge >= 0.3 is 5.97 Å². The fourth-order valence-corrected chi connectivity index (χ4v) is 3.82. The fraction of sp³-hybridized carbons (Fsp3) is 0.875. The molecule has 22 heavy (non-hydrogen) atoms. The maximum absolute atomic E-state index is 12.6. The van der Waals surface area contributed by atoms with Gasteiger partial charge in [0, 0.05) is 5.92 Å². The summed E-state index contributed by atoms with van der Waals surface area (Å²) in [5, 5.41) is 3.04. The SMILES string of the molecule is COC(=O)C1(NC(=O)[C@@H]2CCC[C@@H]2CN)CCC(C)CC1.Cl. The number of halogens is 1. The van der Waals surface area contributed by atoms with Crippen LogP contribution in [-0.2, 0) is 14.3 Å². The van der Waals surface area contributed by atoms with E-state index in [-0.39, 0.29) is 36.1 Å². The first-order valence-electron chi connectivity index (χ1n) is 8.13. The van der Waals surface area contributed by atoms with Gasteiger partial charge in [-0.25, -0.2) is 4.79 Å². The van der Waals surface area contributed by atoms with Crippen LogP contribution in [0.15, 0.2) is 0 Å². The Morgan fingerprint density at radius 3 is 2.41 bits per heavy atom. The minimum absolute atomic E-state index is 0. The molecule has 3 N–H and O–H groups in total. The predicted molar refractivity (Wildman–Crippen MR) is 87.7 cm³/mol. The van der Waals surface area contributed by atoms with Gasteiger partial charge in [0.1, 0.15) is 5.54 Å². The van der Waals surface area contributed by atoms with Crippen LogP contribution >= 0.6 is 12.4 Å². The summed E-state index contributed by atoms with van der Waals surface area (Å²) < 4.78 is 4.97. The van der Waals surface area contributed by atoms with Gasteiger partial charge in [-0.1, -0.05) is 13.3 Å². The highest BCUT2D eigenvalue weighted by Gasteiger charge is 2.45. The largest absolute Gasteiger partial charge is 0.467 e. The topological polar surface area (TPSA) is 81.4 Å². The van der Waals surface area contributed by atoms with E-state index in [1.165, 1.54) is 7.11 Å². The average Bonchev–Trinajstić information content (AvgIpc) is 2.97. The zero-order chi connectivity index (χ0) is 15.5. The van der Waals surface area contributed by atoms with Crippen molar-refractivity contribution >= 4 is 24.3 Å². The number of hydrogen-bond acceptors (Lipinski definition) is 4.